The number of pyridine rings is 1. The summed E-state index contributed by atoms with van der Waals surface area (Å²) in [4.78, 5) is 4.42. The second-order valence-corrected chi connectivity index (χ2v) is 8.55. The van der Waals surface area contributed by atoms with E-state index in [1.807, 2.05) is 13.0 Å². The highest BCUT2D eigenvalue weighted by molar-refractivity contribution is 5.69. The van der Waals surface area contributed by atoms with E-state index in [1.54, 1.807) is 30.3 Å². The molecule has 1 aliphatic rings. The van der Waals surface area contributed by atoms with Crippen molar-refractivity contribution >= 4 is 0 Å². The lowest BCUT2D eigenvalue weighted by Crippen LogP contribution is -2.19. The molecule has 2 aromatic heterocycles. The lowest BCUT2D eigenvalue weighted by Gasteiger charge is -2.14. The van der Waals surface area contributed by atoms with E-state index < -0.39 is 18.8 Å². The topological polar surface area (TPSA) is 86.2 Å². The van der Waals surface area contributed by atoms with Gasteiger partial charge in [-0.3, -0.25) is 4.98 Å². The van der Waals surface area contributed by atoms with Crippen molar-refractivity contribution in [3.63, 3.8) is 0 Å². The van der Waals surface area contributed by atoms with E-state index in [9.17, 15) is 18.3 Å². The summed E-state index contributed by atoms with van der Waals surface area (Å²) in [7, 11) is 0. The van der Waals surface area contributed by atoms with E-state index in [4.69, 9.17) is 10.5 Å². The van der Waals surface area contributed by atoms with Crippen LogP contribution in [0, 0.1) is 11.8 Å². The van der Waals surface area contributed by atoms with E-state index in [0.29, 0.717) is 33.8 Å². The van der Waals surface area contributed by atoms with E-state index in [0.717, 1.165) is 30.4 Å². The van der Waals surface area contributed by atoms with Crippen molar-refractivity contribution in [3.05, 3.63) is 59.4 Å². The van der Waals surface area contributed by atoms with Crippen LogP contribution in [-0.2, 0) is 6.54 Å². The Morgan fingerprint density at radius 2 is 2.03 bits per heavy atom. The molecule has 1 fully saturated rings. The molecule has 1 saturated carbocycles. The molecule has 2 heterocycles. The lowest BCUT2D eigenvalue weighted by atomic mass is 10.0. The zero-order chi connectivity index (χ0) is 25.0. The Balaban J connectivity index is 1.73. The van der Waals surface area contributed by atoms with Crippen LogP contribution in [0.2, 0.25) is 0 Å². The number of nitrogens with two attached hydrogens (primary N) is 1. The van der Waals surface area contributed by atoms with Gasteiger partial charge in [-0.2, -0.15) is 18.3 Å². The molecule has 0 aliphatic heterocycles. The van der Waals surface area contributed by atoms with Gasteiger partial charge in [-0.05, 0) is 43.5 Å². The van der Waals surface area contributed by atoms with Crippen molar-refractivity contribution < 1.29 is 23.0 Å². The highest BCUT2D eigenvalue weighted by Crippen LogP contribution is 2.42. The zero-order valence-corrected chi connectivity index (χ0v) is 19.3. The van der Waals surface area contributed by atoms with Gasteiger partial charge in [0.05, 0.1) is 17.5 Å². The molecule has 1 aromatic carbocycles. The van der Waals surface area contributed by atoms with Crippen molar-refractivity contribution in [1.29, 1.82) is 0 Å². The summed E-state index contributed by atoms with van der Waals surface area (Å²) < 4.78 is 46.6. The van der Waals surface area contributed by atoms with Crippen LogP contribution < -0.4 is 10.5 Å². The fourth-order valence-corrected chi connectivity index (χ4v) is 3.56. The summed E-state index contributed by atoms with van der Waals surface area (Å²) in [6.45, 7) is 0.847. The summed E-state index contributed by atoms with van der Waals surface area (Å²) in [5.74, 6) is 6.64. The van der Waals surface area contributed by atoms with Crippen LogP contribution in [0.1, 0.15) is 61.4 Å². The van der Waals surface area contributed by atoms with Gasteiger partial charge in [-0.15, -0.1) is 0 Å². The molecule has 4 rings (SSSR count). The highest BCUT2D eigenvalue weighted by Gasteiger charge is 2.33. The number of halogens is 3. The molecule has 0 bridgehead atoms. The number of rotatable bonds is 8. The molecule has 0 spiro atoms. The molecule has 0 saturated heterocycles. The molecule has 0 amide bonds. The molecule has 1 unspecified atom stereocenters. The van der Waals surface area contributed by atoms with Gasteiger partial charge in [0.15, 0.2) is 0 Å². The first-order chi connectivity index (χ1) is 16.8. The second-order valence-electron chi connectivity index (χ2n) is 8.55. The average molecular weight is 485 g/mol. The van der Waals surface area contributed by atoms with E-state index in [2.05, 4.69) is 21.9 Å². The van der Waals surface area contributed by atoms with Crippen molar-refractivity contribution in [2.45, 2.75) is 57.3 Å². The van der Waals surface area contributed by atoms with Gasteiger partial charge in [-0.1, -0.05) is 24.8 Å². The Morgan fingerprint density at radius 3 is 2.66 bits per heavy atom. The molecule has 3 aromatic rings. The van der Waals surface area contributed by atoms with E-state index >= 15 is 0 Å². The maximum Gasteiger partial charge on any atom is 0.408 e. The van der Waals surface area contributed by atoms with Crippen molar-refractivity contribution in [3.8, 4) is 34.7 Å². The van der Waals surface area contributed by atoms with Gasteiger partial charge < -0.3 is 15.6 Å². The fourth-order valence-electron chi connectivity index (χ4n) is 3.56. The smallest absolute Gasteiger partial charge is 0.408 e. The third-order valence-corrected chi connectivity index (χ3v) is 5.56. The first-order valence-electron chi connectivity index (χ1n) is 11.6. The summed E-state index contributed by atoms with van der Waals surface area (Å²) in [6, 6.07) is 10.3. The number of aromatic nitrogens is 3. The zero-order valence-electron chi connectivity index (χ0n) is 19.3. The average Bonchev–Trinajstić information content (AvgIpc) is 3.61. The largest absolute Gasteiger partial charge is 0.439 e. The third kappa shape index (κ3) is 6.41. The number of aliphatic hydroxyl groups is 1. The van der Waals surface area contributed by atoms with Crippen molar-refractivity contribution in [2.75, 3.05) is 6.54 Å². The number of hydrogen-bond acceptors (Lipinski definition) is 5. The molecule has 3 N–H and O–H groups in total. The molecule has 35 heavy (non-hydrogen) atoms. The molecular formula is C26H27F3N4O2. The van der Waals surface area contributed by atoms with Crippen LogP contribution in [0.4, 0.5) is 13.2 Å². The molecular weight excluding hydrogens is 457 g/mol. The minimum absolute atomic E-state index is 0.0133. The summed E-state index contributed by atoms with van der Waals surface area (Å²) in [6.07, 6.45) is -0.302. The molecule has 9 heteroatoms. The Labute approximate surface area is 201 Å². The Bertz CT molecular complexity index is 1220. The Hall–Kier alpha value is -3.35. The number of hydrogen-bond donors (Lipinski definition) is 2. The van der Waals surface area contributed by atoms with Crippen LogP contribution in [-0.4, -0.2) is 32.6 Å². The van der Waals surface area contributed by atoms with Crippen molar-refractivity contribution in [1.82, 2.24) is 14.8 Å². The maximum absolute atomic E-state index is 13.2. The van der Waals surface area contributed by atoms with Gasteiger partial charge in [0, 0.05) is 47.8 Å². The lowest BCUT2D eigenvalue weighted by molar-refractivity contribution is -0.143. The molecule has 1 atom stereocenters. The number of unbranched alkanes of at least 4 members (excludes halogenated alkanes) is 1. The molecule has 6 nitrogen and oxygen atoms in total. The third-order valence-electron chi connectivity index (χ3n) is 5.56. The van der Waals surface area contributed by atoms with Gasteiger partial charge in [0.25, 0.3) is 0 Å². The minimum Gasteiger partial charge on any atom is -0.439 e. The van der Waals surface area contributed by atoms with Crippen LogP contribution in [0.15, 0.2) is 42.6 Å². The van der Waals surface area contributed by atoms with Gasteiger partial charge >= 0.3 is 6.18 Å². The molecule has 184 valence electrons. The van der Waals surface area contributed by atoms with Gasteiger partial charge in [0.2, 0.25) is 5.88 Å². The number of ether oxygens (including phenoxy) is 1. The molecule has 0 radical (unpaired) electrons. The summed E-state index contributed by atoms with van der Waals surface area (Å²) in [5.41, 5.74) is 8.47. The fraction of sp³-hybridized carbons (Fsp3) is 0.385. The minimum atomic E-state index is -4.44. The number of aliphatic hydroxyl groups excluding tert-OH is 1. The van der Waals surface area contributed by atoms with Crippen LogP contribution in [0.5, 0.6) is 11.6 Å². The van der Waals surface area contributed by atoms with Gasteiger partial charge in [0.1, 0.15) is 12.3 Å². The molecule has 1 aliphatic carbocycles. The predicted molar refractivity (Wildman–Crippen MR) is 126 cm³/mol. The SMILES string of the molecule is CCCC#Cc1ccc(-c2ccc(C(O)CN)cn2)c(Oc2cc(C3CC3)nn2CC(F)(F)F)c1. The van der Waals surface area contributed by atoms with E-state index in [-0.39, 0.29) is 18.3 Å². The summed E-state index contributed by atoms with van der Waals surface area (Å²) in [5, 5.41) is 14.1. The maximum atomic E-state index is 13.2. The van der Waals surface area contributed by atoms with Crippen LogP contribution >= 0.6 is 0 Å². The Morgan fingerprint density at radius 1 is 1.23 bits per heavy atom. The normalized spacial score (nSPS) is 14.3. The second kappa shape index (κ2) is 10.5. The standard InChI is InChI=1S/C26H27F3N4O2/c1-2-3-4-5-17-6-10-20(21-11-9-19(15-31-21)23(34)14-30)24(12-17)35-25-13-22(18-7-8-18)32-33(25)16-26(27,28)29/h6,9-13,15,18,23,34H,2-3,7-8,14,16,30H2,1H3. The van der Waals surface area contributed by atoms with Crippen LogP contribution in [0.25, 0.3) is 11.3 Å². The summed E-state index contributed by atoms with van der Waals surface area (Å²) >= 11 is 0. The quantitative estimate of drug-likeness (QED) is 0.423. The Kier molecular flexibility index (Phi) is 7.43. The number of nitrogens with zero attached hydrogens (tertiary/aromatic N) is 3. The first-order valence-corrected chi connectivity index (χ1v) is 11.6. The monoisotopic (exact) mass is 484 g/mol. The highest BCUT2D eigenvalue weighted by atomic mass is 19.4. The number of alkyl halides is 3. The van der Waals surface area contributed by atoms with Crippen LogP contribution in [0.3, 0.4) is 0 Å². The van der Waals surface area contributed by atoms with E-state index in [1.165, 1.54) is 6.20 Å². The first kappa shape index (κ1) is 24.8. The predicted octanol–water partition coefficient (Wildman–Crippen LogP) is 5.32. The number of benzene rings is 1. The van der Waals surface area contributed by atoms with Crippen molar-refractivity contribution in [2.24, 2.45) is 5.73 Å². The van der Waals surface area contributed by atoms with Gasteiger partial charge in [-0.25, -0.2) is 4.68 Å².